The molecule has 1 aliphatic heterocycles. The molecular formula is C17H16Cl2N4O2S3. The van der Waals surface area contributed by atoms with Gasteiger partial charge in [0.1, 0.15) is 0 Å². The number of nitrogens with one attached hydrogen (secondary N) is 1. The lowest BCUT2D eigenvalue weighted by Gasteiger charge is -2.34. The zero-order valence-electron chi connectivity index (χ0n) is 14.8. The number of halogens is 2. The standard InChI is InChI=1S/C17H16Cl2N4O2S3/c1-17(2)14(22(16(26)28-17)20-9-11-4-3-7-27-11)23(25)15(24)21-10-5-6-12(18)13(19)8-10/h3-9,14,25H,1-2H3,(H,21,24)/b20-9+. The Kier molecular flexibility index (Phi) is 6.53. The van der Waals surface area contributed by atoms with E-state index in [1.54, 1.807) is 18.3 Å². The van der Waals surface area contributed by atoms with Crippen LogP contribution in [-0.2, 0) is 0 Å². The fourth-order valence-corrected chi connectivity index (χ4v) is 5.24. The zero-order chi connectivity index (χ0) is 20.5. The minimum atomic E-state index is -0.802. The Bertz CT molecular complexity index is 921. The fraction of sp³-hybridized carbons (Fsp3) is 0.235. The number of amides is 2. The van der Waals surface area contributed by atoms with Gasteiger partial charge >= 0.3 is 6.03 Å². The second-order valence-corrected chi connectivity index (χ2v) is 10.4. The van der Waals surface area contributed by atoms with E-state index in [1.807, 2.05) is 31.4 Å². The van der Waals surface area contributed by atoms with E-state index in [1.165, 1.54) is 34.2 Å². The van der Waals surface area contributed by atoms with Crippen LogP contribution in [0.5, 0.6) is 0 Å². The summed E-state index contributed by atoms with van der Waals surface area (Å²) in [5.74, 6) is 0. The van der Waals surface area contributed by atoms with Crippen molar-refractivity contribution in [1.29, 1.82) is 0 Å². The molecule has 0 spiro atoms. The summed E-state index contributed by atoms with van der Waals surface area (Å²) < 4.78 is -0.127. The lowest BCUT2D eigenvalue weighted by Crippen LogP contribution is -2.54. The number of rotatable bonds is 4. The smallest absolute Gasteiger partial charge is 0.306 e. The van der Waals surface area contributed by atoms with Crippen LogP contribution in [0.25, 0.3) is 0 Å². The van der Waals surface area contributed by atoms with E-state index in [9.17, 15) is 10.0 Å². The van der Waals surface area contributed by atoms with Gasteiger partial charge in [-0.1, -0.05) is 53.2 Å². The van der Waals surface area contributed by atoms with Crippen molar-refractivity contribution in [2.24, 2.45) is 5.10 Å². The molecule has 0 bridgehead atoms. The maximum Gasteiger partial charge on any atom is 0.347 e. The van der Waals surface area contributed by atoms with Gasteiger partial charge in [0.05, 0.1) is 21.0 Å². The summed E-state index contributed by atoms with van der Waals surface area (Å²) in [4.78, 5) is 13.6. The Morgan fingerprint density at radius 2 is 2.14 bits per heavy atom. The third kappa shape index (κ3) is 4.61. The van der Waals surface area contributed by atoms with Gasteiger partial charge in [-0.05, 0) is 43.5 Å². The molecule has 1 saturated heterocycles. The van der Waals surface area contributed by atoms with E-state index >= 15 is 0 Å². The third-order valence-electron chi connectivity index (χ3n) is 3.85. The molecule has 28 heavy (non-hydrogen) atoms. The minimum Gasteiger partial charge on any atom is -0.306 e. The quantitative estimate of drug-likeness (QED) is 0.255. The molecule has 1 aromatic heterocycles. The van der Waals surface area contributed by atoms with E-state index in [0.29, 0.717) is 25.1 Å². The first-order chi connectivity index (χ1) is 13.2. The number of hydrazone groups is 1. The van der Waals surface area contributed by atoms with Crippen molar-refractivity contribution in [3.05, 3.63) is 50.6 Å². The first-order valence-corrected chi connectivity index (χ1v) is 10.9. The Hall–Kier alpha value is -1.36. The van der Waals surface area contributed by atoms with Gasteiger partial charge in [-0.3, -0.25) is 5.21 Å². The molecule has 1 fully saturated rings. The molecule has 2 amide bonds. The molecule has 2 aromatic rings. The number of urea groups is 1. The van der Waals surface area contributed by atoms with Crippen molar-refractivity contribution in [3.8, 4) is 0 Å². The van der Waals surface area contributed by atoms with Crippen molar-refractivity contribution in [1.82, 2.24) is 10.1 Å². The molecule has 2 heterocycles. The summed E-state index contributed by atoms with van der Waals surface area (Å²) in [6.07, 6.45) is 0.848. The Morgan fingerprint density at radius 1 is 1.39 bits per heavy atom. The normalized spacial score (nSPS) is 18.7. The summed E-state index contributed by atoms with van der Waals surface area (Å²) in [6.45, 7) is 3.76. The van der Waals surface area contributed by atoms with Crippen LogP contribution < -0.4 is 5.32 Å². The second kappa shape index (κ2) is 8.56. The number of thiocarbonyl (C=S) groups is 1. The second-order valence-electron chi connectivity index (χ2n) is 6.35. The van der Waals surface area contributed by atoms with E-state index < -0.39 is 16.9 Å². The number of carbonyl (C=O) groups is 1. The van der Waals surface area contributed by atoms with E-state index in [2.05, 4.69) is 10.4 Å². The molecule has 1 aliphatic rings. The van der Waals surface area contributed by atoms with Crippen LogP contribution in [0.2, 0.25) is 10.0 Å². The topological polar surface area (TPSA) is 68.2 Å². The summed E-state index contributed by atoms with van der Waals surface area (Å²) >= 11 is 20.2. The molecule has 1 unspecified atom stereocenters. The van der Waals surface area contributed by atoms with Gasteiger partial charge in [0.2, 0.25) is 0 Å². The maximum absolute atomic E-state index is 12.6. The van der Waals surface area contributed by atoms with Crippen molar-refractivity contribution in [2.45, 2.75) is 24.8 Å². The summed E-state index contributed by atoms with van der Waals surface area (Å²) in [7, 11) is 0. The average Bonchev–Trinajstić information content (AvgIpc) is 3.21. The molecule has 11 heteroatoms. The summed E-state index contributed by atoms with van der Waals surface area (Å²) in [6, 6.07) is 7.73. The minimum absolute atomic E-state index is 0.295. The number of nitrogens with zero attached hydrogens (tertiary/aromatic N) is 3. The van der Waals surface area contributed by atoms with Crippen molar-refractivity contribution in [3.63, 3.8) is 0 Å². The summed E-state index contributed by atoms with van der Waals surface area (Å²) in [5.41, 5.74) is 0.401. The van der Waals surface area contributed by atoms with Crippen molar-refractivity contribution < 1.29 is 10.0 Å². The van der Waals surface area contributed by atoms with Crippen LogP contribution in [0.4, 0.5) is 10.5 Å². The summed E-state index contributed by atoms with van der Waals surface area (Å²) in [5, 5.41) is 22.3. The Labute approximate surface area is 186 Å². The number of anilines is 1. The monoisotopic (exact) mass is 474 g/mol. The number of thioether (sulfide) groups is 1. The lowest BCUT2D eigenvalue weighted by molar-refractivity contribution is -0.114. The largest absolute Gasteiger partial charge is 0.347 e. The molecule has 2 N–H and O–H groups in total. The lowest BCUT2D eigenvalue weighted by atomic mass is 10.1. The van der Waals surface area contributed by atoms with Gasteiger partial charge < -0.3 is 5.32 Å². The number of benzene rings is 1. The van der Waals surface area contributed by atoms with Gasteiger partial charge in [-0.2, -0.15) is 10.2 Å². The molecule has 6 nitrogen and oxygen atoms in total. The predicted molar refractivity (Wildman–Crippen MR) is 121 cm³/mol. The molecule has 0 aliphatic carbocycles. The van der Waals surface area contributed by atoms with Crippen LogP contribution in [-0.4, -0.2) is 42.8 Å². The first-order valence-electron chi connectivity index (χ1n) is 8.03. The number of hydrogen-bond acceptors (Lipinski definition) is 6. The van der Waals surface area contributed by atoms with E-state index in [0.717, 1.165) is 4.88 Å². The van der Waals surface area contributed by atoms with Gasteiger partial charge in [0.15, 0.2) is 10.5 Å². The number of thiophene rings is 1. The highest BCUT2D eigenvalue weighted by Crippen LogP contribution is 2.42. The molecule has 148 valence electrons. The fourth-order valence-electron chi connectivity index (χ4n) is 2.58. The van der Waals surface area contributed by atoms with Gasteiger partial charge in [0, 0.05) is 10.6 Å². The van der Waals surface area contributed by atoms with Crippen molar-refractivity contribution in [2.75, 3.05) is 5.32 Å². The van der Waals surface area contributed by atoms with Crippen LogP contribution in [0.15, 0.2) is 40.8 Å². The van der Waals surface area contributed by atoms with Crippen LogP contribution in [0.1, 0.15) is 18.7 Å². The maximum atomic E-state index is 12.6. The molecule has 3 rings (SSSR count). The average molecular weight is 475 g/mol. The van der Waals surface area contributed by atoms with Gasteiger partial charge in [-0.15, -0.1) is 11.3 Å². The number of carbonyl (C=O) groups excluding carboxylic acids is 1. The van der Waals surface area contributed by atoms with Gasteiger partial charge in [-0.25, -0.2) is 9.80 Å². The van der Waals surface area contributed by atoms with Crippen LogP contribution in [0, 0.1) is 0 Å². The SMILES string of the molecule is CC1(C)SC(=S)N(/N=C/c2cccs2)C1N(O)C(=O)Nc1ccc(Cl)c(Cl)c1. The highest BCUT2D eigenvalue weighted by molar-refractivity contribution is 8.24. The molecule has 1 aromatic carbocycles. The van der Waals surface area contributed by atoms with E-state index in [4.69, 9.17) is 35.4 Å². The molecule has 0 saturated carbocycles. The molecule has 0 radical (unpaired) electrons. The molecular weight excluding hydrogens is 459 g/mol. The highest BCUT2D eigenvalue weighted by Gasteiger charge is 2.50. The van der Waals surface area contributed by atoms with Crippen LogP contribution in [0.3, 0.4) is 0 Å². The first kappa shape index (κ1) is 21.4. The highest BCUT2D eigenvalue weighted by atomic mass is 35.5. The molecule has 1 atom stereocenters. The van der Waals surface area contributed by atoms with Crippen molar-refractivity contribution >= 4 is 80.8 Å². The van der Waals surface area contributed by atoms with E-state index in [-0.39, 0.29) is 0 Å². The predicted octanol–water partition coefficient (Wildman–Crippen LogP) is 5.75. The Balaban J connectivity index is 1.81. The zero-order valence-corrected chi connectivity index (χ0v) is 18.8. The third-order valence-corrected chi connectivity index (χ3v) is 6.94. The number of hydroxylamine groups is 2. The van der Waals surface area contributed by atoms with Gasteiger partial charge in [0.25, 0.3) is 0 Å². The Morgan fingerprint density at radius 3 is 2.79 bits per heavy atom. The van der Waals surface area contributed by atoms with Crippen LogP contribution >= 0.6 is 58.5 Å². The number of hydrogen-bond donors (Lipinski definition) is 2.